The van der Waals surface area contributed by atoms with Gasteiger partial charge in [-0.2, -0.15) is 11.8 Å². The predicted molar refractivity (Wildman–Crippen MR) is 124 cm³/mol. The monoisotopic (exact) mass is 510 g/mol. The van der Waals surface area contributed by atoms with Gasteiger partial charge in [0.2, 0.25) is 0 Å². The van der Waals surface area contributed by atoms with Crippen LogP contribution in [0.15, 0.2) is 29.3 Å². The molecular weight excluding hydrogens is 483 g/mol. The van der Waals surface area contributed by atoms with Crippen molar-refractivity contribution in [2.45, 2.75) is 18.9 Å². The highest BCUT2D eigenvalue weighted by Crippen LogP contribution is 2.28. The van der Waals surface area contributed by atoms with Crippen molar-refractivity contribution in [3.05, 3.63) is 29.3 Å². The second-order valence-corrected chi connectivity index (χ2v) is 8.13. The van der Waals surface area contributed by atoms with Gasteiger partial charge in [0.1, 0.15) is 0 Å². The number of thioether (sulfide) groups is 1. The summed E-state index contributed by atoms with van der Waals surface area (Å²) in [6.45, 7) is 7.00. The number of anilines is 1. The fourth-order valence-electron chi connectivity index (χ4n) is 3.24. The maximum Gasteiger partial charge on any atom is 0.194 e. The lowest BCUT2D eigenvalue weighted by Gasteiger charge is -2.38. The van der Waals surface area contributed by atoms with E-state index in [1.54, 1.807) is 0 Å². The Balaban J connectivity index is 0.00000243. The summed E-state index contributed by atoms with van der Waals surface area (Å²) >= 11 is 8.13. The number of aliphatic imine (C=N–C) groups is 1. The topological polar surface area (TPSA) is 51.1 Å². The molecule has 2 aliphatic rings. The van der Waals surface area contributed by atoms with Crippen molar-refractivity contribution in [1.82, 2.24) is 10.2 Å². The van der Waals surface area contributed by atoms with E-state index in [1.807, 2.05) is 30.0 Å². The summed E-state index contributed by atoms with van der Waals surface area (Å²) in [5.41, 5.74) is 0.466. The highest BCUT2D eigenvalue weighted by molar-refractivity contribution is 14.0. The van der Waals surface area contributed by atoms with Crippen LogP contribution in [-0.4, -0.2) is 72.3 Å². The van der Waals surface area contributed by atoms with Gasteiger partial charge in [-0.1, -0.05) is 23.7 Å². The second-order valence-electron chi connectivity index (χ2n) is 6.62. The molecule has 0 bridgehead atoms. The third-order valence-electron chi connectivity index (χ3n) is 4.71. The zero-order chi connectivity index (χ0) is 17.7. The number of aliphatic hydroxyl groups is 1. The second kappa shape index (κ2) is 10.2. The lowest BCUT2D eigenvalue weighted by atomic mass is 10.0. The molecule has 0 saturated carbocycles. The first-order chi connectivity index (χ1) is 12.1. The van der Waals surface area contributed by atoms with E-state index >= 15 is 0 Å². The van der Waals surface area contributed by atoms with Crippen LogP contribution in [0.1, 0.15) is 13.3 Å². The van der Waals surface area contributed by atoms with Crippen LogP contribution in [0.4, 0.5) is 5.69 Å². The molecule has 8 heteroatoms. The average Bonchev–Trinajstić information content (AvgIpc) is 3.06. The molecule has 0 spiro atoms. The summed E-state index contributed by atoms with van der Waals surface area (Å²) in [7, 11) is 0. The smallest absolute Gasteiger partial charge is 0.194 e. The molecule has 146 valence electrons. The van der Waals surface area contributed by atoms with E-state index in [2.05, 4.69) is 28.1 Å². The Labute approximate surface area is 182 Å². The highest BCUT2D eigenvalue weighted by atomic mass is 127. The van der Waals surface area contributed by atoms with Crippen LogP contribution < -0.4 is 10.2 Å². The number of rotatable bonds is 4. The molecule has 0 amide bonds. The van der Waals surface area contributed by atoms with Gasteiger partial charge in [0.05, 0.1) is 22.9 Å². The van der Waals surface area contributed by atoms with Gasteiger partial charge < -0.3 is 20.2 Å². The summed E-state index contributed by atoms with van der Waals surface area (Å²) in [6.07, 6.45) is 0.834. The molecular formula is C18H28ClIN4OS. The number of hydrogen-bond donors (Lipinski definition) is 2. The molecule has 2 fully saturated rings. The third-order valence-corrected chi connectivity index (χ3v) is 6.27. The minimum absolute atomic E-state index is 0. The zero-order valence-corrected chi connectivity index (χ0v) is 19.1. The van der Waals surface area contributed by atoms with E-state index in [-0.39, 0.29) is 24.0 Å². The summed E-state index contributed by atoms with van der Waals surface area (Å²) in [5, 5.41) is 14.7. The Hall–Kier alpha value is -0.380. The molecule has 2 saturated heterocycles. The molecule has 0 aliphatic carbocycles. The molecule has 26 heavy (non-hydrogen) atoms. The van der Waals surface area contributed by atoms with E-state index in [9.17, 15) is 5.11 Å². The number of benzene rings is 1. The zero-order valence-electron chi connectivity index (χ0n) is 15.2. The summed E-state index contributed by atoms with van der Waals surface area (Å²) in [4.78, 5) is 9.33. The molecule has 0 radical (unpaired) electrons. The van der Waals surface area contributed by atoms with Gasteiger partial charge >= 0.3 is 0 Å². The van der Waals surface area contributed by atoms with Gasteiger partial charge in [0, 0.05) is 38.5 Å². The fraction of sp³-hybridized carbons (Fsp3) is 0.611. The number of piperazine rings is 1. The largest absolute Gasteiger partial charge is 0.387 e. The minimum Gasteiger partial charge on any atom is -0.387 e. The van der Waals surface area contributed by atoms with E-state index in [4.69, 9.17) is 16.6 Å². The average molecular weight is 511 g/mol. The van der Waals surface area contributed by atoms with Crippen molar-refractivity contribution in [3.63, 3.8) is 0 Å². The van der Waals surface area contributed by atoms with Crippen LogP contribution in [0.2, 0.25) is 5.02 Å². The first-order valence-corrected chi connectivity index (χ1v) is 10.5. The van der Waals surface area contributed by atoms with Crippen molar-refractivity contribution in [3.8, 4) is 0 Å². The number of nitrogens with one attached hydrogen (secondary N) is 1. The fourth-order valence-corrected chi connectivity index (χ4v) is 4.78. The van der Waals surface area contributed by atoms with E-state index < -0.39 is 5.60 Å². The molecule has 1 aromatic rings. The van der Waals surface area contributed by atoms with Crippen LogP contribution >= 0.6 is 47.3 Å². The van der Waals surface area contributed by atoms with E-state index in [0.29, 0.717) is 6.54 Å². The van der Waals surface area contributed by atoms with Gasteiger partial charge in [0.15, 0.2) is 5.96 Å². The number of nitrogens with zero attached hydrogens (tertiary/aromatic N) is 3. The maximum absolute atomic E-state index is 10.5. The van der Waals surface area contributed by atoms with Gasteiger partial charge in [-0.05, 0) is 31.2 Å². The Morgan fingerprint density at radius 3 is 2.65 bits per heavy atom. The SMILES string of the molecule is CCNC(=NCC1(O)CCSC1)N1CCN(c2ccccc2Cl)CC1.I. The Morgan fingerprint density at radius 2 is 2.04 bits per heavy atom. The lowest BCUT2D eigenvalue weighted by molar-refractivity contribution is 0.0775. The quantitative estimate of drug-likeness (QED) is 0.371. The number of hydrogen-bond acceptors (Lipinski definition) is 4. The van der Waals surface area contributed by atoms with Crippen molar-refractivity contribution >= 4 is 59.0 Å². The maximum atomic E-state index is 10.5. The molecule has 5 nitrogen and oxygen atoms in total. The van der Waals surface area contributed by atoms with E-state index in [0.717, 1.165) is 67.3 Å². The van der Waals surface area contributed by atoms with Gasteiger partial charge in [-0.15, -0.1) is 24.0 Å². The van der Waals surface area contributed by atoms with Gasteiger partial charge in [-0.3, -0.25) is 4.99 Å². The van der Waals surface area contributed by atoms with Gasteiger partial charge in [0.25, 0.3) is 0 Å². The Kier molecular flexibility index (Phi) is 8.63. The number of para-hydroxylation sites is 1. The van der Waals surface area contributed by atoms with Crippen molar-refractivity contribution < 1.29 is 5.11 Å². The van der Waals surface area contributed by atoms with Crippen LogP contribution in [-0.2, 0) is 0 Å². The summed E-state index contributed by atoms with van der Waals surface area (Å²) in [5.74, 6) is 2.72. The first kappa shape index (κ1) is 21.9. The van der Waals surface area contributed by atoms with Crippen molar-refractivity contribution in [1.29, 1.82) is 0 Å². The van der Waals surface area contributed by atoms with E-state index in [1.165, 1.54) is 0 Å². The van der Waals surface area contributed by atoms with Crippen molar-refractivity contribution in [2.24, 2.45) is 4.99 Å². The summed E-state index contributed by atoms with van der Waals surface area (Å²) in [6, 6.07) is 8.00. The molecule has 2 heterocycles. The molecule has 1 atom stereocenters. The molecule has 1 aromatic carbocycles. The minimum atomic E-state index is -0.634. The Morgan fingerprint density at radius 1 is 1.31 bits per heavy atom. The molecule has 0 aromatic heterocycles. The predicted octanol–water partition coefficient (Wildman–Crippen LogP) is 2.91. The number of guanidine groups is 1. The van der Waals surface area contributed by atoms with Crippen LogP contribution in [0.25, 0.3) is 0 Å². The third kappa shape index (κ3) is 5.56. The summed E-state index contributed by atoms with van der Waals surface area (Å²) < 4.78 is 0. The normalized spacial score (nSPS) is 23.7. The van der Waals surface area contributed by atoms with Gasteiger partial charge in [-0.25, -0.2) is 0 Å². The molecule has 3 rings (SSSR count). The highest BCUT2D eigenvalue weighted by Gasteiger charge is 2.32. The van der Waals surface area contributed by atoms with Crippen LogP contribution in [0.5, 0.6) is 0 Å². The molecule has 2 N–H and O–H groups in total. The lowest BCUT2D eigenvalue weighted by Crippen LogP contribution is -2.53. The number of halogens is 2. The molecule has 1 unspecified atom stereocenters. The standard InChI is InChI=1S/C18H27ClN4OS.HI/c1-2-20-17(21-13-18(24)7-12-25-14-18)23-10-8-22(9-11-23)16-6-4-3-5-15(16)19;/h3-6,24H,2,7-14H2,1H3,(H,20,21);1H. The van der Waals surface area contributed by atoms with Crippen molar-refractivity contribution in [2.75, 3.05) is 55.7 Å². The van der Waals surface area contributed by atoms with Crippen LogP contribution in [0, 0.1) is 0 Å². The van der Waals surface area contributed by atoms with Crippen LogP contribution in [0.3, 0.4) is 0 Å². The Bertz CT molecular complexity index is 605. The first-order valence-electron chi connectivity index (χ1n) is 8.94. The molecule has 2 aliphatic heterocycles.